The van der Waals surface area contributed by atoms with E-state index in [0.717, 1.165) is 13.1 Å². The molecule has 84 valence electrons. The van der Waals surface area contributed by atoms with Crippen LogP contribution in [0, 0.1) is 6.92 Å². The van der Waals surface area contributed by atoms with Gasteiger partial charge >= 0.3 is 5.97 Å². The van der Waals surface area contributed by atoms with Crippen molar-refractivity contribution in [3.63, 3.8) is 0 Å². The standard InChI is InChI=1S/C11H17NO2S/c1-3-12(7-6-11(13)14)8-10-5-4-9(2)15-10/h4-5H,3,6-8H2,1-2H3,(H,13,14). The molecule has 1 aromatic rings. The van der Waals surface area contributed by atoms with Crippen LogP contribution in [0.3, 0.4) is 0 Å². The molecule has 0 radical (unpaired) electrons. The molecule has 0 bridgehead atoms. The Hall–Kier alpha value is -0.870. The highest BCUT2D eigenvalue weighted by Crippen LogP contribution is 2.17. The van der Waals surface area contributed by atoms with E-state index in [4.69, 9.17) is 5.11 Å². The Morgan fingerprint density at radius 1 is 1.53 bits per heavy atom. The van der Waals surface area contributed by atoms with E-state index in [1.54, 1.807) is 11.3 Å². The second-order valence-corrected chi connectivity index (χ2v) is 4.90. The Labute approximate surface area is 94.3 Å². The Balaban J connectivity index is 2.42. The molecule has 0 amide bonds. The number of aryl methyl sites for hydroxylation is 1. The lowest BCUT2D eigenvalue weighted by Crippen LogP contribution is -2.25. The fourth-order valence-electron chi connectivity index (χ4n) is 1.39. The minimum Gasteiger partial charge on any atom is -0.481 e. The van der Waals surface area contributed by atoms with Crippen molar-refractivity contribution in [3.05, 3.63) is 21.9 Å². The van der Waals surface area contributed by atoms with Crippen molar-refractivity contribution < 1.29 is 9.90 Å². The van der Waals surface area contributed by atoms with Gasteiger partial charge in [-0.1, -0.05) is 6.92 Å². The first-order chi connectivity index (χ1) is 7.11. The molecule has 0 saturated heterocycles. The lowest BCUT2D eigenvalue weighted by Gasteiger charge is -2.18. The van der Waals surface area contributed by atoms with Crippen LogP contribution in [0.15, 0.2) is 12.1 Å². The second kappa shape index (κ2) is 5.88. The monoisotopic (exact) mass is 227 g/mol. The van der Waals surface area contributed by atoms with Gasteiger partial charge in [-0.25, -0.2) is 0 Å². The van der Waals surface area contributed by atoms with Crippen molar-refractivity contribution in [3.8, 4) is 0 Å². The fraction of sp³-hybridized carbons (Fsp3) is 0.545. The van der Waals surface area contributed by atoms with Gasteiger partial charge in [0.25, 0.3) is 0 Å². The zero-order chi connectivity index (χ0) is 11.3. The highest BCUT2D eigenvalue weighted by atomic mass is 32.1. The van der Waals surface area contributed by atoms with Gasteiger partial charge in [0.15, 0.2) is 0 Å². The molecule has 0 aliphatic heterocycles. The molecule has 1 N–H and O–H groups in total. The van der Waals surface area contributed by atoms with E-state index >= 15 is 0 Å². The van der Waals surface area contributed by atoms with Gasteiger partial charge in [0.05, 0.1) is 6.42 Å². The third-order valence-corrected chi connectivity index (χ3v) is 3.25. The minimum absolute atomic E-state index is 0.220. The molecule has 15 heavy (non-hydrogen) atoms. The van der Waals surface area contributed by atoms with E-state index in [1.165, 1.54) is 9.75 Å². The highest BCUT2D eigenvalue weighted by molar-refractivity contribution is 7.11. The Kier molecular flexibility index (Phi) is 4.78. The third kappa shape index (κ3) is 4.44. The minimum atomic E-state index is -0.726. The van der Waals surface area contributed by atoms with Crippen LogP contribution in [0.1, 0.15) is 23.1 Å². The summed E-state index contributed by atoms with van der Waals surface area (Å²) >= 11 is 1.78. The van der Waals surface area contributed by atoms with E-state index in [-0.39, 0.29) is 6.42 Å². The summed E-state index contributed by atoms with van der Waals surface area (Å²) in [5.41, 5.74) is 0. The van der Waals surface area contributed by atoms with E-state index in [9.17, 15) is 4.79 Å². The van der Waals surface area contributed by atoms with E-state index in [0.29, 0.717) is 6.54 Å². The predicted octanol–water partition coefficient (Wildman–Crippen LogP) is 2.35. The number of thiophene rings is 1. The Morgan fingerprint density at radius 3 is 2.73 bits per heavy atom. The van der Waals surface area contributed by atoms with Crippen LogP contribution in [-0.2, 0) is 11.3 Å². The average molecular weight is 227 g/mol. The van der Waals surface area contributed by atoms with Crippen molar-refractivity contribution in [2.75, 3.05) is 13.1 Å². The van der Waals surface area contributed by atoms with Gasteiger partial charge in [0.1, 0.15) is 0 Å². The molecule has 0 fully saturated rings. The normalized spacial score (nSPS) is 10.9. The van der Waals surface area contributed by atoms with Gasteiger partial charge in [-0.05, 0) is 25.6 Å². The lowest BCUT2D eigenvalue weighted by molar-refractivity contribution is -0.137. The lowest BCUT2D eigenvalue weighted by atomic mass is 10.3. The predicted molar refractivity (Wildman–Crippen MR) is 62.3 cm³/mol. The van der Waals surface area contributed by atoms with Crippen LogP contribution in [-0.4, -0.2) is 29.1 Å². The first-order valence-corrected chi connectivity index (χ1v) is 5.93. The molecule has 1 rings (SSSR count). The molecule has 4 heteroatoms. The molecule has 1 aromatic heterocycles. The van der Waals surface area contributed by atoms with Crippen LogP contribution in [0.2, 0.25) is 0 Å². The third-order valence-electron chi connectivity index (χ3n) is 2.26. The fourth-order valence-corrected chi connectivity index (χ4v) is 2.33. The van der Waals surface area contributed by atoms with Gasteiger partial charge in [-0.2, -0.15) is 0 Å². The highest BCUT2D eigenvalue weighted by Gasteiger charge is 2.07. The van der Waals surface area contributed by atoms with Gasteiger partial charge in [-0.15, -0.1) is 11.3 Å². The van der Waals surface area contributed by atoms with Gasteiger partial charge in [-0.3, -0.25) is 9.69 Å². The van der Waals surface area contributed by atoms with Crippen LogP contribution < -0.4 is 0 Å². The number of aliphatic carboxylic acids is 1. The maximum absolute atomic E-state index is 10.5. The number of hydrogen-bond donors (Lipinski definition) is 1. The Morgan fingerprint density at radius 2 is 2.27 bits per heavy atom. The molecule has 0 spiro atoms. The van der Waals surface area contributed by atoms with Crippen LogP contribution in [0.4, 0.5) is 0 Å². The van der Waals surface area contributed by atoms with Crippen LogP contribution in [0.25, 0.3) is 0 Å². The summed E-state index contributed by atoms with van der Waals surface area (Å²) in [6, 6.07) is 4.22. The van der Waals surface area contributed by atoms with E-state index in [2.05, 4.69) is 30.9 Å². The molecule has 0 aliphatic rings. The number of carboxylic acid groups (broad SMARTS) is 1. The maximum atomic E-state index is 10.5. The Bertz CT molecular complexity index is 322. The first-order valence-electron chi connectivity index (χ1n) is 5.11. The molecule has 1 heterocycles. The summed E-state index contributed by atoms with van der Waals surface area (Å²) in [5.74, 6) is -0.726. The number of rotatable bonds is 6. The van der Waals surface area contributed by atoms with Crippen molar-refractivity contribution >= 4 is 17.3 Å². The first kappa shape index (κ1) is 12.2. The van der Waals surface area contributed by atoms with Crippen LogP contribution >= 0.6 is 11.3 Å². The van der Waals surface area contributed by atoms with Gasteiger partial charge in [0.2, 0.25) is 0 Å². The average Bonchev–Trinajstić information content (AvgIpc) is 2.58. The topological polar surface area (TPSA) is 40.5 Å². The molecule has 0 atom stereocenters. The zero-order valence-corrected chi connectivity index (χ0v) is 10.0. The van der Waals surface area contributed by atoms with Crippen LogP contribution in [0.5, 0.6) is 0 Å². The summed E-state index contributed by atoms with van der Waals surface area (Å²) in [7, 11) is 0. The summed E-state index contributed by atoms with van der Waals surface area (Å²) in [5, 5.41) is 8.60. The molecule has 0 saturated carbocycles. The second-order valence-electron chi connectivity index (χ2n) is 3.52. The van der Waals surface area contributed by atoms with E-state index in [1.807, 2.05) is 0 Å². The molecular weight excluding hydrogens is 210 g/mol. The molecule has 3 nitrogen and oxygen atoms in total. The number of hydrogen-bond acceptors (Lipinski definition) is 3. The largest absolute Gasteiger partial charge is 0.481 e. The van der Waals surface area contributed by atoms with Crippen molar-refractivity contribution in [2.24, 2.45) is 0 Å². The van der Waals surface area contributed by atoms with Crippen molar-refractivity contribution in [1.29, 1.82) is 0 Å². The van der Waals surface area contributed by atoms with Gasteiger partial charge in [0, 0.05) is 22.8 Å². The summed E-state index contributed by atoms with van der Waals surface area (Å²) in [4.78, 5) is 15.2. The van der Waals surface area contributed by atoms with Gasteiger partial charge < -0.3 is 5.11 Å². The number of carboxylic acids is 1. The number of nitrogens with zero attached hydrogens (tertiary/aromatic N) is 1. The number of carbonyl (C=O) groups is 1. The maximum Gasteiger partial charge on any atom is 0.304 e. The van der Waals surface area contributed by atoms with Crippen molar-refractivity contribution in [2.45, 2.75) is 26.8 Å². The zero-order valence-electron chi connectivity index (χ0n) is 9.19. The SMILES string of the molecule is CCN(CCC(=O)O)Cc1ccc(C)s1. The van der Waals surface area contributed by atoms with E-state index < -0.39 is 5.97 Å². The quantitative estimate of drug-likeness (QED) is 0.811. The summed E-state index contributed by atoms with van der Waals surface area (Å²) in [6.07, 6.45) is 0.220. The van der Waals surface area contributed by atoms with Crippen molar-refractivity contribution in [1.82, 2.24) is 4.90 Å². The molecular formula is C11H17NO2S. The summed E-state index contributed by atoms with van der Waals surface area (Å²) in [6.45, 7) is 6.53. The molecule has 0 unspecified atom stereocenters. The smallest absolute Gasteiger partial charge is 0.304 e. The molecule has 0 aliphatic carbocycles. The summed E-state index contributed by atoms with van der Waals surface area (Å²) < 4.78 is 0. The molecule has 0 aromatic carbocycles.